The number of hydrogen-bond acceptors (Lipinski definition) is 3. The van der Waals surface area contributed by atoms with Crippen molar-refractivity contribution in [3.8, 4) is 5.75 Å². The zero-order valence-corrected chi connectivity index (χ0v) is 15.8. The molecule has 0 saturated heterocycles. The summed E-state index contributed by atoms with van der Waals surface area (Å²) >= 11 is 5.22. The van der Waals surface area contributed by atoms with Gasteiger partial charge in [-0.25, -0.2) is 0 Å². The average molecular weight is 356 g/mol. The third-order valence-electron chi connectivity index (χ3n) is 4.16. The Bertz CT molecular complexity index is 782. The summed E-state index contributed by atoms with van der Waals surface area (Å²) in [6.07, 6.45) is 0.998. The first-order valence-electron chi connectivity index (χ1n) is 8.33. The van der Waals surface area contributed by atoms with E-state index in [0.717, 1.165) is 23.1 Å². The van der Waals surface area contributed by atoms with Gasteiger partial charge in [-0.1, -0.05) is 37.1 Å². The zero-order valence-electron chi connectivity index (χ0n) is 15.0. The van der Waals surface area contributed by atoms with E-state index in [1.807, 2.05) is 44.2 Å². The van der Waals surface area contributed by atoms with Crippen molar-refractivity contribution in [2.45, 2.75) is 40.0 Å². The number of thiocarbonyl (C=S) groups is 1. The predicted octanol–water partition coefficient (Wildman–Crippen LogP) is 4.65. The number of aromatic hydroxyl groups is 1. The van der Waals surface area contributed by atoms with Gasteiger partial charge >= 0.3 is 0 Å². The van der Waals surface area contributed by atoms with Gasteiger partial charge in [-0.05, 0) is 68.2 Å². The molecule has 2 aromatic rings. The number of carbonyl (C=O) groups excluding carboxylic acids is 1. The van der Waals surface area contributed by atoms with E-state index in [2.05, 4.69) is 24.5 Å². The van der Waals surface area contributed by atoms with Crippen LogP contribution in [0.3, 0.4) is 0 Å². The summed E-state index contributed by atoms with van der Waals surface area (Å²) in [5.74, 6) is 0.191. The van der Waals surface area contributed by atoms with Crippen LogP contribution in [-0.4, -0.2) is 16.1 Å². The highest BCUT2D eigenvalue weighted by Gasteiger charge is 2.12. The summed E-state index contributed by atoms with van der Waals surface area (Å²) in [6.45, 7) is 8.12. The van der Waals surface area contributed by atoms with Gasteiger partial charge in [-0.2, -0.15) is 0 Å². The van der Waals surface area contributed by atoms with Crippen LogP contribution in [0.2, 0.25) is 0 Å². The summed E-state index contributed by atoms with van der Waals surface area (Å²) in [5.41, 5.74) is 4.18. The fourth-order valence-electron chi connectivity index (χ4n) is 2.63. The van der Waals surface area contributed by atoms with Crippen molar-refractivity contribution in [3.05, 3.63) is 58.7 Å². The maximum atomic E-state index is 12.4. The standard InChI is InChI=1S/C20H24N2O2S/c1-5-14(4)15-6-7-18(23)17(11-15)21-20(25)22-19(24)16-9-12(2)8-13(3)10-16/h6-11,14,23H,5H2,1-4H3,(H2,21,22,24,25). The van der Waals surface area contributed by atoms with Crippen LogP contribution >= 0.6 is 12.2 Å². The van der Waals surface area contributed by atoms with E-state index < -0.39 is 0 Å². The van der Waals surface area contributed by atoms with Crippen LogP contribution in [0.1, 0.15) is 53.2 Å². The van der Waals surface area contributed by atoms with E-state index in [4.69, 9.17) is 12.2 Å². The molecule has 1 amide bonds. The van der Waals surface area contributed by atoms with Gasteiger partial charge in [0.25, 0.3) is 5.91 Å². The Morgan fingerprint density at radius 1 is 1.16 bits per heavy atom. The number of aryl methyl sites for hydroxylation is 2. The molecule has 1 atom stereocenters. The molecule has 0 aliphatic heterocycles. The molecule has 2 rings (SSSR count). The molecule has 132 valence electrons. The molecule has 0 saturated carbocycles. The minimum Gasteiger partial charge on any atom is -0.506 e. The summed E-state index contributed by atoms with van der Waals surface area (Å²) in [5, 5.41) is 15.7. The van der Waals surface area contributed by atoms with Crippen LogP contribution in [-0.2, 0) is 0 Å². The van der Waals surface area contributed by atoms with Crippen LogP contribution in [0.4, 0.5) is 5.69 Å². The number of phenolic OH excluding ortho intramolecular Hbond substituents is 1. The largest absolute Gasteiger partial charge is 0.506 e. The molecule has 2 aromatic carbocycles. The summed E-state index contributed by atoms with van der Waals surface area (Å²) in [4.78, 5) is 12.4. The third-order valence-corrected chi connectivity index (χ3v) is 4.37. The molecule has 1 unspecified atom stereocenters. The number of rotatable bonds is 4. The number of nitrogens with one attached hydrogen (secondary N) is 2. The van der Waals surface area contributed by atoms with E-state index in [-0.39, 0.29) is 16.8 Å². The first-order chi connectivity index (χ1) is 11.8. The molecule has 0 fully saturated rings. The number of benzene rings is 2. The van der Waals surface area contributed by atoms with E-state index in [1.165, 1.54) is 0 Å². The van der Waals surface area contributed by atoms with Crippen molar-refractivity contribution in [2.75, 3.05) is 5.32 Å². The summed E-state index contributed by atoms with van der Waals surface area (Å²) in [6, 6.07) is 11.0. The Labute approximate surface area is 154 Å². The number of amides is 1. The molecular formula is C20H24N2O2S. The first kappa shape index (κ1) is 18.9. The maximum absolute atomic E-state index is 12.4. The van der Waals surface area contributed by atoms with E-state index in [1.54, 1.807) is 6.07 Å². The minimum absolute atomic E-state index is 0.0926. The quantitative estimate of drug-likeness (QED) is 0.551. The molecule has 4 nitrogen and oxygen atoms in total. The van der Waals surface area contributed by atoms with Crippen LogP contribution in [0.15, 0.2) is 36.4 Å². The second-order valence-electron chi connectivity index (χ2n) is 6.37. The number of anilines is 1. The Morgan fingerprint density at radius 3 is 2.40 bits per heavy atom. The average Bonchev–Trinajstić information content (AvgIpc) is 2.55. The van der Waals surface area contributed by atoms with Crippen molar-refractivity contribution in [1.29, 1.82) is 0 Å². The van der Waals surface area contributed by atoms with Crippen LogP contribution in [0.25, 0.3) is 0 Å². The Kier molecular flexibility index (Phi) is 6.15. The van der Waals surface area contributed by atoms with E-state index >= 15 is 0 Å². The smallest absolute Gasteiger partial charge is 0.257 e. The number of phenols is 1. The normalized spacial score (nSPS) is 11.7. The lowest BCUT2D eigenvalue weighted by Gasteiger charge is -2.15. The second kappa shape index (κ2) is 8.12. The Morgan fingerprint density at radius 2 is 1.80 bits per heavy atom. The fraction of sp³-hybridized carbons (Fsp3) is 0.300. The predicted molar refractivity (Wildman–Crippen MR) is 106 cm³/mol. The minimum atomic E-state index is -0.276. The SMILES string of the molecule is CCC(C)c1ccc(O)c(NC(=S)NC(=O)c2cc(C)cc(C)c2)c1. The van der Waals surface area contributed by atoms with Gasteiger partial charge in [-0.15, -0.1) is 0 Å². The van der Waals surface area contributed by atoms with Gasteiger partial charge in [-0.3, -0.25) is 10.1 Å². The molecular weight excluding hydrogens is 332 g/mol. The molecule has 0 heterocycles. The van der Waals surface area contributed by atoms with Crippen molar-refractivity contribution >= 4 is 28.9 Å². The highest BCUT2D eigenvalue weighted by atomic mass is 32.1. The molecule has 0 aromatic heterocycles. The Balaban J connectivity index is 2.10. The molecule has 0 aliphatic rings. The molecule has 0 bridgehead atoms. The van der Waals surface area contributed by atoms with Gasteiger partial charge in [0.15, 0.2) is 5.11 Å². The first-order valence-corrected chi connectivity index (χ1v) is 8.74. The number of carbonyl (C=O) groups is 1. The van der Waals surface area contributed by atoms with Crippen molar-refractivity contribution in [3.63, 3.8) is 0 Å². The highest BCUT2D eigenvalue weighted by Crippen LogP contribution is 2.29. The van der Waals surface area contributed by atoms with Gasteiger partial charge in [0.1, 0.15) is 5.75 Å². The fourth-order valence-corrected chi connectivity index (χ4v) is 2.83. The van der Waals surface area contributed by atoms with Crippen molar-refractivity contribution < 1.29 is 9.90 Å². The third kappa shape index (κ3) is 5.03. The van der Waals surface area contributed by atoms with Crippen molar-refractivity contribution in [2.24, 2.45) is 0 Å². The summed E-state index contributed by atoms with van der Waals surface area (Å²) in [7, 11) is 0. The van der Waals surface area contributed by atoms with Gasteiger partial charge in [0.2, 0.25) is 0 Å². The lowest BCUT2D eigenvalue weighted by Crippen LogP contribution is -2.34. The van der Waals surface area contributed by atoms with Gasteiger partial charge in [0, 0.05) is 5.56 Å². The Hall–Kier alpha value is -2.40. The molecule has 3 N–H and O–H groups in total. The zero-order chi connectivity index (χ0) is 18.6. The topological polar surface area (TPSA) is 61.4 Å². The van der Waals surface area contributed by atoms with Crippen LogP contribution in [0, 0.1) is 13.8 Å². The monoisotopic (exact) mass is 356 g/mol. The molecule has 0 aliphatic carbocycles. The van der Waals surface area contributed by atoms with Crippen LogP contribution < -0.4 is 10.6 Å². The lowest BCUT2D eigenvalue weighted by molar-refractivity contribution is 0.0977. The second-order valence-corrected chi connectivity index (χ2v) is 6.78. The van der Waals surface area contributed by atoms with Gasteiger partial charge in [0.05, 0.1) is 5.69 Å². The van der Waals surface area contributed by atoms with E-state index in [0.29, 0.717) is 17.2 Å². The van der Waals surface area contributed by atoms with E-state index in [9.17, 15) is 9.90 Å². The van der Waals surface area contributed by atoms with Crippen molar-refractivity contribution in [1.82, 2.24) is 5.32 Å². The molecule has 25 heavy (non-hydrogen) atoms. The summed E-state index contributed by atoms with van der Waals surface area (Å²) < 4.78 is 0. The molecule has 5 heteroatoms. The lowest BCUT2D eigenvalue weighted by atomic mass is 9.98. The van der Waals surface area contributed by atoms with Crippen LogP contribution in [0.5, 0.6) is 5.75 Å². The highest BCUT2D eigenvalue weighted by molar-refractivity contribution is 7.80. The van der Waals surface area contributed by atoms with Gasteiger partial charge < -0.3 is 10.4 Å². The molecule has 0 spiro atoms. The maximum Gasteiger partial charge on any atom is 0.257 e. The number of hydrogen-bond donors (Lipinski definition) is 3. The molecule has 0 radical (unpaired) electrons.